The zero-order valence-corrected chi connectivity index (χ0v) is 30.7. The number of carbonyl (C=O) groups excluding carboxylic acids is 4. The number of hydrogen-bond donors (Lipinski definition) is 1. The van der Waals surface area contributed by atoms with Gasteiger partial charge in [-0.05, 0) is 77.1 Å². The third kappa shape index (κ3) is 5.01. The molecule has 6 atom stereocenters. The number of anilines is 2. The van der Waals surface area contributed by atoms with Crippen LogP contribution in [0.3, 0.4) is 0 Å². The number of hydrogen-bond acceptors (Lipinski definition) is 7. The molecule has 2 amide bonds. The second-order valence-electron chi connectivity index (χ2n) is 15.6. The minimum Gasteiger partial charge on any atom is -0.508 e. The number of morpholine rings is 1. The summed E-state index contributed by atoms with van der Waals surface area (Å²) >= 11 is 0. The fourth-order valence-electron chi connectivity index (χ4n) is 10.7. The Bertz CT molecular complexity index is 2490. The van der Waals surface area contributed by atoms with Crippen LogP contribution in [-0.2, 0) is 29.3 Å². The molecule has 2 saturated heterocycles. The topological polar surface area (TPSA) is 104 Å². The number of imide groups is 1. The predicted octanol–water partition coefficient (Wildman–Crippen LogP) is 7.41. The molecule has 8 nitrogen and oxygen atoms in total. The van der Waals surface area contributed by atoms with Gasteiger partial charge in [-0.25, -0.2) is 0 Å². The highest BCUT2D eigenvalue weighted by atomic mass is 16.5. The molecule has 2 aliphatic heterocycles. The van der Waals surface area contributed by atoms with Crippen LogP contribution in [0.4, 0.5) is 11.4 Å². The highest BCUT2D eigenvalue weighted by Gasteiger charge is 2.66. The maximum absolute atomic E-state index is 15.4. The molecule has 0 aromatic heterocycles. The molecular formula is C48H40N2O6. The van der Waals surface area contributed by atoms with Crippen molar-refractivity contribution in [3.63, 3.8) is 0 Å². The van der Waals surface area contributed by atoms with E-state index in [1.165, 1.54) is 11.0 Å². The highest BCUT2D eigenvalue weighted by Crippen LogP contribution is 2.65. The summed E-state index contributed by atoms with van der Waals surface area (Å²) in [7, 11) is 0. The lowest BCUT2D eigenvalue weighted by Gasteiger charge is -2.55. The van der Waals surface area contributed by atoms with E-state index in [4.69, 9.17) is 4.74 Å². The summed E-state index contributed by atoms with van der Waals surface area (Å²) in [5.41, 5.74) is 3.13. The van der Waals surface area contributed by atoms with Crippen LogP contribution in [0.25, 0.3) is 16.3 Å². The maximum atomic E-state index is 15.4. The van der Waals surface area contributed by atoms with Gasteiger partial charge in [0.1, 0.15) is 5.75 Å². The first-order chi connectivity index (χ1) is 27.4. The second-order valence-corrected chi connectivity index (χ2v) is 15.6. The molecule has 3 aliphatic carbocycles. The number of benzene rings is 5. The molecular weight excluding hydrogens is 701 g/mol. The summed E-state index contributed by atoms with van der Waals surface area (Å²) in [4.78, 5) is 63.6. The third-order valence-electron chi connectivity index (χ3n) is 13.1. The molecule has 56 heavy (non-hydrogen) atoms. The average Bonchev–Trinajstić information content (AvgIpc) is 3.51. The number of carbonyl (C=O) groups is 4. The van der Waals surface area contributed by atoms with Gasteiger partial charge < -0.3 is 14.7 Å². The van der Waals surface area contributed by atoms with Gasteiger partial charge in [-0.1, -0.05) is 103 Å². The fourth-order valence-corrected chi connectivity index (χ4v) is 10.7. The smallest absolute Gasteiger partial charge is 0.238 e. The zero-order chi connectivity index (χ0) is 38.1. The van der Waals surface area contributed by atoms with E-state index in [9.17, 15) is 14.7 Å². The summed E-state index contributed by atoms with van der Waals surface area (Å²) < 4.78 is 5.52. The van der Waals surface area contributed by atoms with Gasteiger partial charge in [-0.3, -0.25) is 24.1 Å². The van der Waals surface area contributed by atoms with Gasteiger partial charge in [0.25, 0.3) is 0 Å². The molecule has 5 aromatic rings. The number of allylic oxidation sites excluding steroid dienone is 4. The van der Waals surface area contributed by atoms with E-state index in [2.05, 4.69) is 4.90 Å². The van der Waals surface area contributed by atoms with Gasteiger partial charge in [-0.15, -0.1) is 0 Å². The number of fused-ring (bicyclic) bond motifs is 5. The Morgan fingerprint density at radius 1 is 0.696 bits per heavy atom. The quantitative estimate of drug-likeness (QED) is 0.148. The SMILES string of the molecule is O=C1C(c2ccccc2)=CC(=O)[C@@]2(c3ccccc3)[C@@H](c3c(O)ccc4ccccc34)C3=CC[C@@H]4C(=O)N(c5ccc(N6CCOCC6)cc5)C(=O)[C@@H]4[C@@H]3C[C@@H]12. The normalized spacial score (nSPS) is 27.4. The number of rotatable bonds is 5. The van der Waals surface area contributed by atoms with E-state index in [0.717, 1.165) is 35.1 Å². The Morgan fingerprint density at radius 3 is 2.12 bits per heavy atom. The van der Waals surface area contributed by atoms with Crippen LogP contribution in [0, 0.1) is 23.7 Å². The van der Waals surface area contributed by atoms with E-state index in [0.29, 0.717) is 47.6 Å². The molecule has 3 fully saturated rings. The highest BCUT2D eigenvalue weighted by molar-refractivity contribution is 6.32. The Hall–Kier alpha value is -6.12. The Balaban J connectivity index is 1.16. The molecule has 2 heterocycles. The van der Waals surface area contributed by atoms with Crippen molar-refractivity contribution in [2.24, 2.45) is 23.7 Å². The Kier molecular flexibility index (Phi) is 8.15. The van der Waals surface area contributed by atoms with Crippen LogP contribution in [0.5, 0.6) is 5.75 Å². The van der Waals surface area contributed by atoms with Crippen molar-refractivity contribution in [2.45, 2.75) is 24.2 Å². The molecule has 0 bridgehead atoms. The van der Waals surface area contributed by atoms with Crippen molar-refractivity contribution in [2.75, 3.05) is 36.1 Å². The number of ketones is 2. The van der Waals surface area contributed by atoms with Crippen molar-refractivity contribution in [3.8, 4) is 5.75 Å². The standard InChI is InChI=1S/C48H40N2O6/c51-40-22-15-30-11-7-8-14-34(30)43(40)44-35-20-21-36-42(47(55)50(46(36)54)33-18-16-32(17-19-33)49-23-25-56-26-24-49)38(35)27-39-45(53)37(29-9-3-1-4-10-29)28-41(52)48(39,44)31-12-5-2-6-13-31/h1-20,22,28,36,38-39,42,44,51H,21,23-27H2/t36-,38+,39-,42-,44+,48-/m0/s1. The molecule has 278 valence electrons. The van der Waals surface area contributed by atoms with Crippen LogP contribution in [0.15, 0.2) is 139 Å². The van der Waals surface area contributed by atoms with Crippen molar-refractivity contribution in [1.29, 1.82) is 0 Å². The fraction of sp³-hybridized carbons (Fsp3) is 0.250. The van der Waals surface area contributed by atoms with Gasteiger partial charge in [0.05, 0.1) is 36.2 Å². The number of phenolic OH excluding ortho intramolecular Hbond substituents is 1. The van der Waals surface area contributed by atoms with Crippen LogP contribution >= 0.6 is 0 Å². The number of amides is 2. The molecule has 10 rings (SSSR count). The first-order valence-corrected chi connectivity index (χ1v) is 19.5. The van der Waals surface area contributed by atoms with Gasteiger partial charge in [0.15, 0.2) is 11.6 Å². The number of Topliss-reactive ketones (excluding diaryl/α,β-unsaturated/α-hetero) is 1. The van der Waals surface area contributed by atoms with Crippen LogP contribution < -0.4 is 9.80 Å². The summed E-state index contributed by atoms with van der Waals surface area (Å²) in [5, 5.41) is 13.6. The van der Waals surface area contributed by atoms with E-state index >= 15 is 9.59 Å². The summed E-state index contributed by atoms with van der Waals surface area (Å²) in [6, 6.07) is 37.6. The average molecular weight is 741 g/mol. The molecule has 5 aromatic carbocycles. The van der Waals surface area contributed by atoms with Crippen LogP contribution in [0.1, 0.15) is 35.4 Å². The second kappa shape index (κ2) is 13.3. The number of ether oxygens (including phenoxy) is 1. The van der Waals surface area contributed by atoms with Gasteiger partial charge in [-0.2, -0.15) is 0 Å². The first kappa shape index (κ1) is 34.4. The largest absolute Gasteiger partial charge is 0.508 e. The predicted molar refractivity (Wildman–Crippen MR) is 214 cm³/mol. The van der Waals surface area contributed by atoms with Gasteiger partial charge in [0.2, 0.25) is 11.8 Å². The number of aromatic hydroxyl groups is 1. The number of phenols is 1. The van der Waals surface area contributed by atoms with Crippen LogP contribution in [-0.4, -0.2) is 54.8 Å². The Morgan fingerprint density at radius 2 is 1.38 bits per heavy atom. The molecule has 0 radical (unpaired) electrons. The lowest BCUT2D eigenvalue weighted by Crippen LogP contribution is -2.58. The van der Waals surface area contributed by atoms with Crippen LogP contribution in [0.2, 0.25) is 0 Å². The summed E-state index contributed by atoms with van der Waals surface area (Å²) in [6.07, 6.45) is 4.05. The molecule has 1 saturated carbocycles. The van der Waals surface area contributed by atoms with Crippen molar-refractivity contribution >= 4 is 51.1 Å². The van der Waals surface area contributed by atoms with Crippen molar-refractivity contribution in [1.82, 2.24) is 0 Å². The third-order valence-corrected chi connectivity index (χ3v) is 13.1. The molecule has 8 heteroatoms. The Labute approximate surface area is 324 Å². The van der Waals surface area contributed by atoms with Crippen molar-refractivity contribution < 1.29 is 29.0 Å². The maximum Gasteiger partial charge on any atom is 0.238 e. The summed E-state index contributed by atoms with van der Waals surface area (Å²) in [5.74, 6) is -4.56. The zero-order valence-electron chi connectivity index (χ0n) is 30.7. The molecule has 0 spiro atoms. The van der Waals surface area contributed by atoms with E-state index in [1.54, 1.807) is 6.07 Å². The van der Waals surface area contributed by atoms with E-state index < -0.39 is 35.0 Å². The molecule has 0 unspecified atom stereocenters. The minimum absolute atomic E-state index is 0.0142. The lowest BCUT2D eigenvalue weighted by molar-refractivity contribution is -0.135. The van der Waals surface area contributed by atoms with Gasteiger partial charge in [0, 0.05) is 41.7 Å². The number of nitrogens with zero attached hydrogens (tertiary/aromatic N) is 2. The van der Waals surface area contributed by atoms with E-state index in [1.807, 2.05) is 121 Å². The molecule has 1 N–H and O–H groups in total. The minimum atomic E-state index is -1.44. The molecule has 5 aliphatic rings. The van der Waals surface area contributed by atoms with E-state index in [-0.39, 0.29) is 35.6 Å². The van der Waals surface area contributed by atoms with Gasteiger partial charge >= 0.3 is 0 Å². The summed E-state index contributed by atoms with van der Waals surface area (Å²) in [6.45, 7) is 2.82. The first-order valence-electron chi connectivity index (χ1n) is 19.5. The van der Waals surface area contributed by atoms with Crippen molar-refractivity contribution in [3.05, 3.63) is 156 Å². The monoisotopic (exact) mass is 740 g/mol. The lowest BCUT2D eigenvalue weighted by atomic mass is 9.44.